The molecule has 0 spiro atoms. The van der Waals surface area contributed by atoms with Gasteiger partial charge in [-0.2, -0.15) is 23.4 Å². The molecular formula is C36H40ClF6N9O3. The molecule has 12 nitrogen and oxygen atoms in total. The maximum atomic E-state index is 16.3. The number of allylic oxidation sites excluding steroid dienone is 3. The molecule has 2 amide bonds. The van der Waals surface area contributed by atoms with Crippen molar-refractivity contribution in [2.24, 2.45) is 21.6 Å². The second-order valence-corrected chi connectivity index (χ2v) is 15.9. The minimum absolute atomic E-state index is 0.0513. The zero-order valence-electron chi connectivity index (χ0n) is 30.5. The van der Waals surface area contributed by atoms with Crippen LogP contribution in [0.15, 0.2) is 59.9 Å². The van der Waals surface area contributed by atoms with Crippen molar-refractivity contribution in [2.45, 2.75) is 96.6 Å². The normalized spacial score (nSPS) is 23.0. The zero-order chi connectivity index (χ0) is 40.2. The van der Waals surface area contributed by atoms with Crippen LogP contribution in [-0.2, 0) is 9.53 Å². The van der Waals surface area contributed by atoms with Crippen LogP contribution in [0, 0.1) is 10.8 Å². The molecule has 2 aliphatic carbocycles. The third kappa shape index (κ3) is 7.82. The summed E-state index contributed by atoms with van der Waals surface area (Å²) in [5.41, 5.74) is 3.81. The number of alkyl carbamates (subject to hydrolysis) is 1. The zero-order valence-corrected chi connectivity index (χ0v) is 31.3. The number of nitrogens with zero attached hydrogens (tertiary/aromatic N) is 7. The molecule has 0 radical (unpaired) electrons. The van der Waals surface area contributed by atoms with E-state index in [9.17, 15) is 26.7 Å². The van der Waals surface area contributed by atoms with Gasteiger partial charge in [-0.1, -0.05) is 51.4 Å². The van der Waals surface area contributed by atoms with Gasteiger partial charge in [0.15, 0.2) is 17.3 Å². The molecule has 0 bridgehead atoms. The molecule has 2 aromatic heterocycles. The number of hydrogen-bond donors (Lipinski definition) is 2. The molecule has 3 aromatic rings. The van der Waals surface area contributed by atoms with E-state index in [-0.39, 0.29) is 41.1 Å². The highest BCUT2D eigenvalue weighted by Gasteiger charge is 2.61. The lowest BCUT2D eigenvalue weighted by atomic mass is 9.61. The van der Waals surface area contributed by atoms with Crippen LogP contribution >= 0.6 is 11.6 Å². The van der Waals surface area contributed by atoms with Crippen LogP contribution in [0.1, 0.15) is 95.8 Å². The second-order valence-electron chi connectivity index (χ2n) is 15.5. The van der Waals surface area contributed by atoms with Crippen molar-refractivity contribution in [3.63, 3.8) is 0 Å². The van der Waals surface area contributed by atoms with Crippen molar-refractivity contribution in [3.05, 3.63) is 76.9 Å². The average Bonchev–Trinajstić information content (AvgIpc) is 3.49. The first kappa shape index (κ1) is 39.8. The number of halogens is 7. The molecule has 1 unspecified atom stereocenters. The Kier molecular flexibility index (Phi) is 10.4. The molecule has 296 valence electrons. The number of hydrogen-bond acceptors (Lipinski definition) is 8. The maximum Gasteiger partial charge on any atom is 0.408 e. The predicted octanol–water partition coefficient (Wildman–Crippen LogP) is 7.79. The van der Waals surface area contributed by atoms with Gasteiger partial charge in [-0.25, -0.2) is 32.6 Å². The van der Waals surface area contributed by atoms with Gasteiger partial charge in [0.25, 0.3) is 12.3 Å². The fourth-order valence-corrected chi connectivity index (χ4v) is 7.20. The first-order valence-electron chi connectivity index (χ1n) is 17.4. The van der Waals surface area contributed by atoms with Gasteiger partial charge in [-0.05, 0) is 61.8 Å². The maximum absolute atomic E-state index is 16.3. The standard InChI is InChI=1S/C36H40ClF6N9O3/c1-19(36(41,42)43)48-32(54)55-16-27(20-6-9-24(37)26(12-20)52-29(28(39)40)45-18-47-52)51-30(53)35(49-31(51)44,17-33(2,3)4)34(5)11-10-23(25(38)13-34)21-14-46-50(15-21)22-7-8-22/h6,9-10,12-15,18-19,22,27-28H,7-8,11,16-17H2,1-5H3,(H2,44,49)(H,48,54)/t19-,27+,34?,35-/m0/s1. The summed E-state index contributed by atoms with van der Waals surface area (Å²) >= 11 is 6.42. The van der Waals surface area contributed by atoms with Crippen molar-refractivity contribution in [1.29, 1.82) is 0 Å². The Morgan fingerprint density at radius 2 is 1.89 bits per heavy atom. The van der Waals surface area contributed by atoms with Crippen molar-refractivity contribution in [1.82, 2.24) is 34.8 Å². The molecule has 4 atom stereocenters. The summed E-state index contributed by atoms with van der Waals surface area (Å²) in [5.74, 6) is -2.42. The van der Waals surface area contributed by atoms with E-state index in [1.54, 1.807) is 35.4 Å². The van der Waals surface area contributed by atoms with Gasteiger partial charge in [-0.15, -0.1) is 0 Å². The molecule has 1 aliphatic heterocycles. The third-order valence-electron chi connectivity index (χ3n) is 9.98. The molecule has 55 heavy (non-hydrogen) atoms. The van der Waals surface area contributed by atoms with Crippen LogP contribution in [0.25, 0.3) is 11.3 Å². The van der Waals surface area contributed by atoms with Gasteiger partial charge in [0.05, 0.1) is 29.0 Å². The van der Waals surface area contributed by atoms with Gasteiger partial charge in [0, 0.05) is 22.7 Å². The van der Waals surface area contributed by atoms with Crippen LogP contribution in [0.2, 0.25) is 5.02 Å². The molecule has 3 heterocycles. The highest BCUT2D eigenvalue weighted by atomic mass is 35.5. The lowest BCUT2D eigenvalue weighted by molar-refractivity contribution is -0.150. The third-order valence-corrected chi connectivity index (χ3v) is 10.3. The number of aliphatic imine (C=N–C) groups is 1. The number of ether oxygens (including phenoxy) is 1. The fourth-order valence-electron chi connectivity index (χ4n) is 7.00. The van der Waals surface area contributed by atoms with Crippen LogP contribution < -0.4 is 11.1 Å². The first-order valence-corrected chi connectivity index (χ1v) is 17.8. The molecule has 3 aliphatic rings. The number of guanidine groups is 1. The highest BCUT2D eigenvalue weighted by molar-refractivity contribution is 6.32. The van der Waals surface area contributed by atoms with Crippen LogP contribution in [0.5, 0.6) is 0 Å². The Hall–Kier alpha value is -4.87. The smallest absolute Gasteiger partial charge is 0.408 e. The van der Waals surface area contributed by atoms with Gasteiger partial charge in [0.1, 0.15) is 24.8 Å². The number of carbonyl (C=O) groups is 2. The molecule has 1 saturated carbocycles. The Morgan fingerprint density at radius 3 is 2.51 bits per heavy atom. The number of rotatable bonds is 11. The van der Waals surface area contributed by atoms with Crippen molar-refractivity contribution < 1.29 is 40.7 Å². The van der Waals surface area contributed by atoms with Crippen molar-refractivity contribution in [3.8, 4) is 5.69 Å². The summed E-state index contributed by atoms with van der Waals surface area (Å²) < 4.78 is 91.7. The Balaban J connectivity index is 1.41. The van der Waals surface area contributed by atoms with Crippen LogP contribution in [-0.4, -0.2) is 71.8 Å². The van der Waals surface area contributed by atoms with E-state index in [0.717, 1.165) is 35.7 Å². The molecule has 6 rings (SSSR count). The van der Waals surface area contributed by atoms with E-state index >= 15 is 9.18 Å². The van der Waals surface area contributed by atoms with Gasteiger partial charge in [-0.3, -0.25) is 14.4 Å². The van der Waals surface area contributed by atoms with Gasteiger partial charge in [0.2, 0.25) is 0 Å². The number of carbonyl (C=O) groups excluding carboxylic acids is 2. The topological polar surface area (TPSA) is 146 Å². The number of nitrogens with one attached hydrogen (secondary N) is 1. The van der Waals surface area contributed by atoms with E-state index in [4.69, 9.17) is 27.1 Å². The van der Waals surface area contributed by atoms with E-state index in [1.165, 1.54) is 24.3 Å². The van der Waals surface area contributed by atoms with Crippen molar-refractivity contribution >= 4 is 35.1 Å². The number of nitrogens with two attached hydrogens (primary N) is 1. The number of amides is 2. The Labute approximate surface area is 317 Å². The summed E-state index contributed by atoms with van der Waals surface area (Å²) in [6.07, 6.45) is 0.165. The van der Waals surface area contributed by atoms with E-state index in [0.29, 0.717) is 11.1 Å². The SMILES string of the molecule is C[C@H](NC(=O)OC[C@H](c1ccc(Cl)c(-n2ncnc2C(F)F)c1)N1C(=O)[C@@](CC(C)(C)C)(C2(C)C=C(F)C(c3cnn(C4CC4)c3)=CC2)N=C1N)C(F)(F)F. The summed E-state index contributed by atoms with van der Waals surface area (Å²) in [4.78, 5) is 37.2. The summed E-state index contributed by atoms with van der Waals surface area (Å²) in [7, 11) is 0. The summed E-state index contributed by atoms with van der Waals surface area (Å²) in [6.45, 7) is 7.23. The Morgan fingerprint density at radius 1 is 1.18 bits per heavy atom. The molecule has 19 heteroatoms. The van der Waals surface area contributed by atoms with E-state index in [2.05, 4.69) is 15.2 Å². The highest BCUT2D eigenvalue weighted by Crippen LogP contribution is 2.54. The Bertz CT molecular complexity index is 2070. The van der Waals surface area contributed by atoms with E-state index < -0.39 is 71.3 Å². The monoisotopic (exact) mass is 795 g/mol. The first-order chi connectivity index (χ1) is 25.6. The summed E-state index contributed by atoms with van der Waals surface area (Å²) in [5, 5.41) is 9.89. The second kappa shape index (κ2) is 14.3. The van der Waals surface area contributed by atoms with Gasteiger partial charge >= 0.3 is 12.3 Å². The number of alkyl halides is 5. The fraction of sp³-hybridized carbons (Fsp3) is 0.500. The quantitative estimate of drug-likeness (QED) is 0.189. The molecule has 1 aromatic carbocycles. The lowest BCUT2D eigenvalue weighted by Crippen LogP contribution is -2.56. The average molecular weight is 796 g/mol. The molecule has 1 fully saturated rings. The minimum Gasteiger partial charge on any atom is -0.447 e. The van der Waals surface area contributed by atoms with Crippen LogP contribution in [0.4, 0.5) is 31.1 Å². The van der Waals surface area contributed by atoms with Crippen LogP contribution in [0.3, 0.4) is 0 Å². The lowest BCUT2D eigenvalue weighted by Gasteiger charge is -2.45. The molecule has 0 saturated heterocycles. The molecular weight excluding hydrogens is 756 g/mol. The summed E-state index contributed by atoms with van der Waals surface area (Å²) in [6, 6.07) is 0.596. The van der Waals surface area contributed by atoms with Gasteiger partial charge < -0.3 is 15.8 Å². The largest absolute Gasteiger partial charge is 0.447 e. The molecule has 3 N–H and O–H groups in total. The number of benzene rings is 1. The van der Waals surface area contributed by atoms with Crippen molar-refractivity contribution in [2.75, 3.05) is 6.61 Å². The minimum atomic E-state index is -4.79. The van der Waals surface area contributed by atoms with E-state index in [1.807, 2.05) is 20.8 Å². The predicted molar refractivity (Wildman–Crippen MR) is 190 cm³/mol. The number of aromatic nitrogens is 5.